The van der Waals surface area contributed by atoms with Crippen LogP contribution in [-0.4, -0.2) is 5.16 Å². The highest BCUT2D eigenvalue weighted by atomic mass is 35.5. The Morgan fingerprint density at radius 1 is 1.21 bits per heavy atom. The van der Waals surface area contributed by atoms with Gasteiger partial charge < -0.3 is 14.7 Å². The number of rotatable bonds is 2. The molecule has 0 bridgehead atoms. The molecule has 0 aliphatic rings. The summed E-state index contributed by atoms with van der Waals surface area (Å²) in [4.78, 5) is 0. The summed E-state index contributed by atoms with van der Waals surface area (Å²) in [5.74, 6) is 1.06. The van der Waals surface area contributed by atoms with Gasteiger partial charge in [-0.1, -0.05) is 28.9 Å². The zero-order valence-electron chi connectivity index (χ0n) is 10.2. The Bertz CT molecular complexity index is 731. The van der Waals surface area contributed by atoms with Gasteiger partial charge in [0.15, 0.2) is 0 Å². The molecule has 0 radical (unpaired) electrons. The molecule has 0 unspecified atom stereocenters. The number of halogens is 1. The molecule has 0 saturated carbocycles. The zero-order chi connectivity index (χ0) is 13.4. The number of hydrogen-bond acceptors (Lipinski definition) is 4. The van der Waals surface area contributed by atoms with Crippen molar-refractivity contribution in [2.75, 3.05) is 5.73 Å². The highest BCUT2D eigenvalue weighted by Gasteiger charge is 2.18. The Hall–Kier alpha value is -2.20. The van der Waals surface area contributed by atoms with Crippen LogP contribution in [0, 0.1) is 6.92 Å². The Balaban J connectivity index is 2.19. The van der Waals surface area contributed by atoms with E-state index in [9.17, 15) is 0 Å². The molecule has 2 N–H and O–H groups in total. The van der Waals surface area contributed by atoms with Crippen molar-refractivity contribution in [1.82, 2.24) is 5.16 Å². The molecule has 0 aliphatic heterocycles. The van der Waals surface area contributed by atoms with Crippen LogP contribution < -0.4 is 5.73 Å². The first-order valence-electron chi connectivity index (χ1n) is 5.72. The smallest absolute Gasteiger partial charge is 0.230 e. The number of nitrogens with two attached hydrogens (primary N) is 1. The monoisotopic (exact) mass is 274 g/mol. The summed E-state index contributed by atoms with van der Waals surface area (Å²) in [6.07, 6.45) is 1.63. The lowest BCUT2D eigenvalue weighted by Gasteiger charge is -2.01. The van der Waals surface area contributed by atoms with Crippen LogP contribution in [0.25, 0.3) is 22.4 Å². The molecule has 96 valence electrons. The molecule has 0 amide bonds. The predicted octanol–water partition coefficient (Wildman–Crippen LogP) is 4.15. The molecule has 0 spiro atoms. The van der Waals surface area contributed by atoms with E-state index in [0.29, 0.717) is 10.7 Å². The van der Waals surface area contributed by atoms with Crippen molar-refractivity contribution >= 4 is 17.5 Å². The minimum atomic E-state index is 0.260. The van der Waals surface area contributed by atoms with Gasteiger partial charge in [-0.2, -0.15) is 0 Å². The highest BCUT2D eigenvalue weighted by Crippen LogP contribution is 2.37. The molecule has 19 heavy (non-hydrogen) atoms. The van der Waals surface area contributed by atoms with Crippen LogP contribution in [-0.2, 0) is 0 Å². The first-order valence-corrected chi connectivity index (χ1v) is 6.09. The van der Waals surface area contributed by atoms with Crippen molar-refractivity contribution in [3.05, 3.63) is 47.4 Å². The van der Waals surface area contributed by atoms with Gasteiger partial charge in [-0.05, 0) is 30.7 Å². The summed E-state index contributed by atoms with van der Waals surface area (Å²) >= 11 is 6.01. The molecule has 5 heteroatoms. The summed E-state index contributed by atoms with van der Waals surface area (Å²) in [5, 5.41) is 4.63. The third-order valence-electron chi connectivity index (χ3n) is 2.84. The van der Waals surface area contributed by atoms with Crippen LogP contribution in [0.1, 0.15) is 5.76 Å². The lowest BCUT2D eigenvalue weighted by Crippen LogP contribution is -1.87. The maximum Gasteiger partial charge on any atom is 0.230 e. The molecule has 2 aromatic heterocycles. The van der Waals surface area contributed by atoms with Crippen molar-refractivity contribution in [3.63, 3.8) is 0 Å². The van der Waals surface area contributed by atoms with E-state index in [1.165, 1.54) is 0 Å². The first-order chi connectivity index (χ1) is 9.15. The van der Waals surface area contributed by atoms with Gasteiger partial charge in [0.05, 0.1) is 5.56 Å². The van der Waals surface area contributed by atoms with Crippen LogP contribution in [0.15, 0.2) is 45.5 Å². The van der Waals surface area contributed by atoms with E-state index in [1.54, 1.807) is 12.3 Å². The summed E-state index contributed by atoms with van der Waals surface area (Å²) < 4.78 is 10.4. The molecule has 3 aromatic rings. The average Bonchev–Trinajstić information content (AvgIpc) is 2.95. The minimum Gasteiger partial charge on any atom is -0.469 e. The average molecular weight is 275 g/mol. The van der Waals surface area contributed by atoms with Crippen LogP contribution in [0.3, 0.4) is 0 Å². The molecular formula is C14H11ClN2O2. The van der Waals surface area contributed by atoms with Gasteiger partial charge >= 0.3 is 0 Å². The van der Waals surface area contributed by atoms with Gasteiger partial charge in [0, 0.05) is 10.6 Å². The summed E-state index contributed by atoms with van der Waals surface area (Å²) in [5.41, 5.74) is 8.93. The fourth-order valence-electron chi connectivity index (χ4n) is 1.99. The second kappa shape index (κ2) is 4.48. The normalized spacial score (nSPS) is 10.8. The molecule has 0 saturated heterocycles. The third-order valence-corrected chi connectivity index (χ3v) is 3.07. The zero-order valence-corrected chi connectivity index (χ0v) is 10.9. The number of aromatic nitrogens is 1. The SMILES string of the molecule is Cc1cc(-c2noc(N)c2-c2cccc(Cl)c2)co1. The van der Waals surface area contributed by atoms with Crippen molar-refractivity contribution in [2.24, 2.45) is 0 Å². The van der Waals surface area contributed by atoms with Crippen molar-refractivity contribution in [1.29, 1.82) is 0 Å². The van der Waals surface area contributed by atoms with Gasteiger partial charge in [-0.3, -0.25) is 0 Å². The fourth-order valence-corrected chi connectivity index (χ4v) is 2.18. The van der Waals surface area contributed by atoms with E-state index in [2.05, 4.69) is 5.16 Å². The van der Waals surface area contributed by atoms with E-state index in [0.717, 1.165) is 22.5 Å². The van der Waals surface area contributed by atoms with Crippen LogP contribution in [0.4, 0.5) is 5.88 Å². The molecule has 4 nitrogen and oxygen atoms in total. The number of anilines is 1. The molecular weight excluding hydrogens is 264 g/mol. The fraction of sp³-hybridized carbons (Fsp3) is 0.0714. The Labute approximate surface area is 114 Å². The van der Waals surface area contributed by atoms with Crippen molar-refractivity contribution < 1.29 is 8.94 Å². The second-order valence-corrected chi connectivity index (χ2v) is 4.66. The Morgan fingerprint density at radius 3 is 2.74 bits per heavy atom. The third kappa shape index (κ3) is 2.11. The quantitative estimate of drug-likeness (QED) is 0.762. The second-order valence-electron chi connectivity index (χ2n) is 4.23. The Kier molecular flexibility index (Phi) is 2.80. The highest BCUT2D eigenvalue weighted by molar-refractivity contribution is 6.30. The van der Waals surface area contributed by atoms with Crippen LogP contribution >= 0.6 is 11.6 Å². The number of nitrogen functional groups attached to an aromatic ring is 1. The molecule has 2 heterocycles. The maximum absolute atomic E-state index is 6.01. The Morgan fingerprint density at radius 2 is 2.05 bits per heavy atom. The van der Waals surface area contributed by atoms with Gasteiger partial charge in [0.1, 0.15) is 17.7 Å². The lowest BCUT2D eigenvalue weighted by atomic mass is 10.0. The van der Waals surface area contributed by atoms with E-state index in [-0.39, 0.29) is 5.88 Å². The number of hydrogen-bond donors (Lipinski definition) is 1. The van der Waals surface area contributed by atoms with Crippen molar-refractivity contribution in [3.8, 4) is 22.4 Å². The van der Waals surface area contributed by atoms with E-state index < -0.39 is 0 Å². The molecule has 1 aromatic carbocycles. The molecule has 0 aliphatic carbocycles. The maximum atomic E-state index is 6.01. The number of aryl methyl sites for hydroxylation is 1. The number of furan rings is 1. The first kappa shape index (κ1) is 11.9. The summed E-state index contributed by atoms with van der Waals surface area (Å²) in [6.45, 7) is 1.87. The van der Waals surface area contributed by atoms with Crippen LogP contribution in [0.2, 0.25) is 5.02 Å². The molecule has 0 fully saturated rings. The van der Waals surface area contributed by atoms with Gasteiger partial charge in [-0.25, -0.2) is 0 Å². The minimum absolute atomic E-state index is 0.260. The molecule has 0 atom stereocenters. The summed E-state index contributed by atoms with van der Waals surface area (Å²) in [6, 6.07) is 9.27. The van der Waals surface area contributed by atoms with Gasteiger partial charge in [0.2, 0.25) is 5.88 Å². The van der Waals surface area contributed by atoms with E-state index in [1.807, 2.05) is 31.2 Å². The standard InChI is InChI=1S/C14H11ClN2O2/c1-8-5-10(7-18-8)13-12(14(16)19-17-13)9-3-2-4-11(15)6-9/h2-7H,16H2,1H3. The summed E-state index contributed by atoms with van der Waals surface area (Å²) in [7, 11) is 0. The largest absolute Gasteiger partial charge is 0.469 e. The van der Waals surface area contributed by atoms with Crippen LogP contribution in [0.5, 0.6) is 0 Å². The predicted molar refractivity (Wildman–Crippen MR) is 73.8 cm³/mol. The van der Waals surface area contributed by atoms with E-state index >= 15 is 0 Å². The number of benzene rings is 1. The van der Waals surface area contributed by atoms with E-state index in [4.69, 9.17) is 26.3 Å². The number of nitrogens with zero attached hydrogens (tertiary/aromatic N) is 1. The molecule has 3 rings (SSSR count). The van der Waals surface area contributed by atoms with Gasteiger partial charge in [0.25, 0.3) is 0 Å². The van der Waals surface area contributed by atoms with Gasteiger partial charge in [-0.15, -0.1) is 0 Å². The topological polar surface area (TPSA) is 65.2 Å². The lowest BCUT2D eigenvalue weighted by molar-refractivity contribution is 0.439. The van der Waals surface area contributed by atoms with Crippen molar-refractivity contribution in [2.45, 2.75) is 6.92 Å².